The molecule has 3 N–H and O–H groups in total. The van der Waals surface area contributed by atoms with Crippen LogP contribution in [-0.2, 0) is 11.2 Å². The number of rotatable bonds is 5. The van der Waals surface area contributed by atoms with E-state index in [-0.39, 0.29) is 11.8 Å². The Morgan fingerprint density at radius 1 is 1.19 bits per heavy atom. The summed E-state index contributed by atoms with van der Waals surface area (Å²) in [5.41, 5.74) is 5.28. The van der Waals surface area contributed by atoms with E-state index >= 15 is 0 Å². The van der Waals surface area contributed by atoms with Crippen LogP contribution in [-0.4, -0.2) is 24.5 Å². The first-order valence-electron chi connectivity index (χ1n) is 10.4. The van der Waals surface area contributed by atoms with Crippen molar-refractivity contribution in [3.8, 4) is 11.8 Å². The van der Waals surface area contributed by atoms with Crippen LogP contribution >= 0.6 is 0 Å². The molecule has 0 bridgehead atoms. The van der Waals surface area contributed by atoms with Crippen molar-refractivity contribution in [2.75, 3.05) is 7.11 Å². The molecule has 6 nitrogen and oxygen atoms in total. The van der Waals surface area contributed by atoms with Gasteiger partial charge < -0.3 is 20.5 Å². The summed E-state index contributed by atoms with van der Waals surface area (Å²) in [4.78, 5) is 12.7. The van der Waals surface area contributed by atoms with Crippen LogP contribution in [0.1, 0.15) is 36.0 Å². The second-order valence-corrected chi connectivity index (χ2v) is 7.80. The summed E-state index contributed by atoms with van der Waals surface area (Å²) in [6.07, 6.45) is 4.01. The van der Waals surface area contributed by atoms with E-state index in [1.807, 2.05) is 36.4 Å². The molecule has 2 aromatic rings. The highest BCUT2D eigenvalue weighted by Gasteiger charge is 2.31. The molecule has 2 aromatic carbocycles. The lowest BCUT2D eigenvalue weighted by Gasteiger charge is -2.33. The number of nitriles is 1. The van der Waals surface area contributed by atoms with Crippen molar-refractivity contribution in [2.24, 2.45) is 5.92 Å². The number of carbonyl (C=O) groups excluding carboxylic acids is 1. The van der Waals surface area contributed by atoms with Crippen LogP contribution < -0.4 is 15.4 Å². The minimum absolute atomic E-state index is 0.118. The van der Waals surface area contributed by atoms with Crippen molar-refractivity contribution >= 4 is 11.5 Å². The molecule has 158 valence electrons. The molecule has 1 aliphatic heterocycles. The Labute approximate surface area is 181 Å². The Morgan fingerprint density at radius 2 is 2.00 bits per heavy atom. The van der Waals surface area contributed by atoms with Crippen LogP contribution in [0.3, 0.4) is 0 Å². The van der Waals surface area contributed by atoms with E-state index in [2.05, 4.69) is 22.8 Å². The fraction of sp³-hybridized carbons (Fsp3) is 0.280. The van der Waals surface area contributed by atoms with Gasteiger partial charge in [0.05, 0.1) is 18.7 Å². The Hall–Kier alpha value is -3.56. The number of hydrogen-bond donors (Lipinski definition) is 3. The topological polar surface area (TPSA) is 94.4 Å². The number of aliphatic hydroxyl groups is 1. The highest BCUT2D eigenvalue weighted by Crippen LogP contribution is 2.38. The van der Waals surface area contributed by atoms with Crippen molar-refractivity contribution in [1.29, 1.82) is 5.26 Å². The van der Waals surface area contributed by atoms with Gasteiger partial charge in [0, 0.05) is 29.2 Å². The predicted molar refractivity (Wildman–Crippen MR) is 117 cm³/mol. The summed E-state index contributed by atoms with van der Waals surface area (Å²) in [5.74, 6) is 0.583. The highest BCUT2D eigenvalue weighted by atomic mass is 16.5. The average molecular weight is 415 g/mol. The average Bonchev–Trinajstić information content (AvgIpc) is 2.81. The highest BCUT2D eigenvalue weighted by molar-refractivity contribution is 5.95. The van der Waals surface area contributed by atoms with Gasteiger partial charge in [0.1, 0.15) is 5.75 Å². The number of benzene rings is 2. The number of hydrogen-bond acceptors (Lipinski definition) is 5. The lowest BCUT2D eigenvalue weighted by Crippen LogP contribution is -2.52. The zero-order chi connectivity index (χ0) is 21.8. The third-order valence-electron chi connectivity index (χ3n) is 5.88. The van der Waals surface area contributed by atoms with Crippen molar-refractivity contribution in [3.63, 3.8) is 0 Å². The van der Waals surface area contributed by atoms with E-state index < -0.39 is 6.35 Å². The third kappa shape index (κ3) is 4.47. The number of nitrogens with zero attached hydrogens (tertiary/aromatic N) is 1. The smallest absolute Gasteiger partial charge is 0.252 e. The minimum atomic E-state index is -1.08. The van der Waals surface area contributed by atoms with Gasteiger partial charge in [-0.3, -0.25) is 4.79 Å². The maximum absolute atomic E-state index is 12.7. The Morgan fingerprint density at radius 3 is 2.68 bits per heavy atom. The summed E-state index contributed by atoms with van der Waals surface area (Å²) >= 11 is 0. The first-order chi connectivity index (χ1) is 15.1. The quantitative estimate of drug-likeness (QED) is 0.697. The maximum Gasteiger partial charge on any atom is 0.252 e. The number of carbonyl (C=O) groups is 1. The molecule has 31 heavy (non-hydrogen) atoms. The van der Waals surface area contributed by atoms with Gasteiger partial charge in [0.2, 0.25) is 6.35 Å². The second kappa shape index (κ2) is 9.07. The van der Waals surface area contributed by atoms with Gasteiger partial charge in [-0.05, 0) is 48.6 Å². The number of ether oxygens (including phenoxy) is 1. The van der Waals surface area contributed by atoms with Crippen LogP contribution in [0, 0.1) is 17.2 Å². The molecule has 1 aliphatic carbocycles. The SMILES string of the molecule is COc1cc(C#N)ccc1C1=CCC(C2=C(Cc3ccccc3)C(=O)NC(O)N2)CC1. The maximum atomic E-state index is 12.7. The molecule has 0 radical (unpaired) electrons. The summed E-state index contributed by atoms with van der Waals surface area (Å²) in [6.45, 7) is 0. The largest absolute Gasteiger partial charge is 0.496 e. The fourth-order valence-corrected chi connectivity index (χ4v) is 4.31. The molecular formula is C25H25N3O3. The van der Waals surface area contributed by atoms with Crippen LogP contribution in [0.4, 0.5) is 0 Å². The van der Waals surface area contributed by atoms with E-state index in [0.717, 1.165) is 36.1 Å². The van der Waals surface area contributed by atoms with Gasteiger partial charge in [0.15, 0.2) is 0 Å². The van der Waals surface area contributed by atoms with Crippen molar-refractivity contribution < 1.29 is 14.6 Å². The summed E-state index contributed by atoms with van der Waals surface area (Å²) in [7, 11) is 1.61. The number of aliphatic hydroxyl groups excluding tert-OH is 1. The van der Waals surface area contributed by atoms with Gasteiger partial charge in [-0.2, -0.15) is 5.26 Å². The molecule has 6 heteroatoms. The van der Waals surface area contributed by atoms with Crippen molar-refractivity contribution in [2.45, 2.75) is 32.0 Å². The lowest BCUT2D eigenvalue weighted by molar-refractivity contribution is -0.122. The predicted octanol–water partition coefficient (Wildman–Crippen LogP) is 3.24. The number of nitrogens with one attached hydrogen (secondary N) is 2. The van der Waals surface area contributed by atoms with E-state index in [9.17, 15) is 9.90 Å². The molecule has 0 saturated heterocycles. The van der Waals surface area contributed by atoms with Crippen LogP contribution in [0.15, 0.2) is 65.9 Å². The van der Waals surface area contributed by atoms with Gasteiger partial charge >= 0.3 is 0 Å². The number of methoxy groups -OCH3 is 1. The summed E-state index contributed by atoms with van der Waals surface area (Å²) in [5, 5.41) is 24.9. The van der Waals surface area contributed by atoms with Gasteiger partial charge in [-0.1, -0.05) is 36.4 Å². The fourth-order valence-electron chi connectivity index (χ4n) is 4.31. The minimum Gasteiger partial charge on any atom is -0.496 e. The molecule has 2 aliphatic rings. The van der Waals surface area contributed by atoms with E-state index in [0.29, 0.717) is 23.3 Å². The van der Waals surface area contributed by atoms with Crippen molar-refractivity contribution in [1.82, 2.24) is 10.6 Å². The Balaban J connectivity index is 1.61. The molecule has 2 atom stereocenters. The standard InChI is InChI=1S/C25H25N3O3/c1-31-22-14-17(15-26)7-12-20(22)18-8-10-19(11-9-18)23-21(24(29)28-25(30)27-23)13-16-5-3-2-4-6-16/h2-8,12,14,19,25,27,30H,9-11,13H2,1H3,(H,28,29). The molecule has 0 fully saturated rings. The molecule has 2 unspecified atom stereocenters. The number of allylic oxidation sites excluding steroid dienone is 3. The second-order valence-electron chi connectivity index (χ2n) is 7.80. The summed E-state index contributed by atoms with van der Waals surface area (Å²) in [6, 6.07) is 17.5. The van der Waals surface area contributed by atoms with Gasteiger partial charge in [-0.15, -0.1) is 0 Å². The molecular weight excluding hydrogens is 390 g/mol. The monoisotopic (exact) mass is 415 g/mol. The van der Waals surface area contributed by atoms with Gasteiger partial charge in [-0.25, -0.2) is 0 Å². The molecule has 0 saturated carbocycles. The zero-order valence-electron chi connectivity index (χ0n) is 17.4. The van der Waals surface area contributed by atoms with E-state index in [1.165, 1.54) is 5.57 Å². The third-order valence-corrected chi connectivity index (χ3v) is 5.88. The molecule has 1 amide bonds. The van der Waals surface area contributed by atoms with Crippen LogP contribution in [0.25, 0.3) is 5.57 Å². The zero-order valence-corrected chi connectivity index (χ0v) is 17.4. The first kappa shape index (κ1) is 20.7. The Kier molecular flexibility index (Phi) is 6.06. The Bertz CT molecular complexity index is 1080. The molecule has 0 aromatic heterocycles. The molecule has 1 heterocycles. The van der Waals surface area contributed by atoms with Crippen LogP contribution in [0.2, 0.25) is 0 Å². The van der Waals surface area contributed by atoms with Crippen LogP contribution in [0.5, 0.6) is 5.75 Å². The lowest BCUT2D eigenvalue weighted by atomic mass is 9.82. The van der Waals surface area contributed by atoms with E-state index in [1.54, 1.807) is 19.2 Å². The summed E-state index contributed by atoms with van der Waals surface area (Å²) < 4.78 is 5.50. The normalized spacial score (nSPS) is 20.9. The molecule has 0 spiro atoms. The van der Waals surface area contributed by atoms with Gasteiger partial charge in [0.25, 0.3) is 5.91 Å². The van der Waals surface area contributed by atoms with Crippen molar-refractivity contribution in [3.05, 3.63) is 82.6 Å². The molecule has 4 rings (SSSR count). The van der Waals surface area contributed by atoms with E-state index in [4.69, 9.17) is 10.00 Å². The first-order valence-corrected chi connectivity index (χ1v) is 10.4. The number of amides is 1.